The summed E-state index contributed by atoms with van der Waals surface area (Å²) in [5.41, 5.74) is 1.31. The average Bonchev–Trinajstić information content (AvgIpc) is 2.89. The maximum absolute atomic E-state index is 12.0. The fourth-order valence-electron chi connectivity index (χ4n) is 2.04. The van der Waals surface area contributed by atoms with Gasteiger partial charge in [-0.3, -0.25) is 4.79 Å². The summed E-state index contributed by atoms with van der Waals surface area (Å²) >= 11 is 3.51. The van der Waals surface area contributed by atoms with Crippen LogP contribution in [0.15, 0.2) is 11.4 Å². The Bertz CT molecular complexity index is 464. The van der Waals surface area contributed by atoms with Crippen molar-refractivity contribution in [1.29, 1.82) is 0 Å². The van der Waals surface area contributed by atoms with E-state index in [0.717, 1.165) is 37.6 Å². The number of amides is 1. The molecule has 0 radical (unpaired) electrons. The Kier molecular flexibility index (Phi) is 5.77. The van der Waals surface area contributed by atoms with E-state index in [1.807, 2.05) is 4.90 Å². The molecule has 1 aromatic rings. The molecule has 1 N–H and O–H groups in total. The van der Waals surface area contributed by atoms with Crippen LogP contribution >= 0.6 is 23.1 Å². The molecule has 1 amide bonds. The number of terminal acetylenes is 1. The van der Waals surface area contributed by atoms with Crippen LogP contribution in [0.3, 0.4) is 0 Å². The minimum atomic E-state index is 0.193. The zero-order valence-corrected chi connectivity index (χ0v) is 12.5. The van der Waals surface area contributed by atoms with Crippen molar-refractivity contribution < 1.29 is 4.79 Å². The van der Waals surface area contributed by atoms with Crippen molar-refractivity contribution in [2.75, 3.05) is 31.1 Å². The van der Waals surface area contributed by atoms with Gasteiger partial charge in [-0.15, -0.1) is 29.5 Å². The molecule has 0 spiro atoms. The highest BCUT2D eigenvalue weighted by molar-refractivity contribution is 7.99. The maximum Gasteiger partial charge on any atom is 0.236 e. The van der Waals surface area contributed by atoms with Crippen LogP contribution in [0, 0.1) is 12.3 Å². The number of nitrogens with one attached hydrogen (secondary N) is 1. The quantitative estimate of drug-likeness (QED) is 0.639. The molecule has 0 atom stereocenters. The standard InChI is InChI=1S/C14H18N2OS2/c1-2-7-18-9-5-15-10-14(17)16-6-3-13-12(11-16)4-8-19-13/h1,4,8,15H,3,5-7,9-11H2. The normalized spacial score (nSPS) is 13.9. The summed E-state index contributed by atoms with van der Waals surface area (Å²) in [5, 5.41) is 5.29. The zero-order valence-electron chi connectivity index (χ0n) is 10.9. The fraction of sp³-hybridized carbons (Fsp3) is 0.500. The van der Waals surface area contributed by atoms with Gasteiger partial charge >= 0.3 is 0 Å². The van der Waals surface area contributed by atoms with Crippen molar-refractivity contribution in [3.8, 4) is 12.3 Å². The van der Waals surface area contributed by atoms with E-state index in [-0.39, 0.29) is 5.91 Å². The van der Waals surface area contributed by atoms with Gasteiger partial charge in [-0.2, -0.15) is 0 Å². The van der Waals surface area contributed by atoms with Gasteiger partial charge < -0.3 is 10.2 Å². The first-order chi connectivity index (χ1) is 9.31. The summed E-state index contributed by atoms with van der Waals surface area (Å²) in [6.45, 7) is 2.87. The molecular weight excluding hydrogens is 276 g/mol. The number of rotatable bonds is 6. The Morgan fingerprint density at radius 1 is 1.63 bits per heavy atom. The van der Waals surface area contributed by atoms with Crippen LogP contribution in [-0.4, -0.2) is 41.9 Å². The third-order valence-electron chi connectivity index (χ3n) is 3.05. The number of hydrogen-bond acceptors (Lipinski definition) is 4. The van der Waals surface area contributed by atoms with Crippen LogP contribution in [0.4, 0.5) is 0 Å². The number of thiophene rings is 1. The number of hydrogen-bond donors (Lipinski definition) is 1. The van der Waals surface area contributed by atoms with E-state index in [9.17, 15) is 4.79 Å². The molecule has 5 heteroatoms. The lowest BCUT2D eigenvalue weighted by Crippen LogP contribution is -2.41. The van der Waals surface area contributed by atoms with Crippen molar-refractivity contribution >= 4 is 29.0 Å². The SMILES string of the molecule is C#CCSCCNCC(=O)N1CCc2sccc2C1. The summed E-state index contributed by atoms with van der Waals surface area (Å²) < 4.78 is 0. The van der Waals surface area contributed by atoms with Crippen molar-refractivity contribution in [2.24, 2.45) is 0 Å². The lowest BCUT2D eigenvalue weighted by molar-refractivity contribution is -0.131. The topological polar surface area (TPSA) is 32.3 Å². The van der Waals surface area contributed by atoms with Gasteiger partial charge in [0.1, 0.15) is 0 Å². The van der Waals surface area contributed by atoms with Gasteiger partial charge in [0.2, 0.25) is 5.91 Å². The second-order valence-corrected chi connectivity index (χ2v) is 6.47. The highest BCUT2D eigenvalue weighted by Crippen LogP contribution is 2.23. The highest BCUT2D eigenvalue weighted by atomic mass is 32.2. The Hall–Kier alpha value is -0.960. The predicted molar refractivity (Wildman–Crippen MR) is 82.5 cm³/mol. The molecule has 0 fully saturated rings. The molecule has 1 aliphatic heterocycles. The summed E-state index contributed by atoms with van der Waals surface area (Å²) in [6.07, 6.45) is 6.16. The molecule has 1 aromatic heterocycles. The number of nitrogens with zero attached hydrogens (tertiary/aromatic N) is 1. The number of fused-ring (bicyclic) bond motifs is 1. The minimum absolute atomic E-state index is 0.193. The summed E-state index contributed by atoms with van der Waals surface area (Å²) in [7, 11) is 0. The number of thioether (sulfide) groups is 1. The molecule has 1 aliphatic rings. The van der Waals surface area contributed by atoms with E-state index < -0.39 is 0 Å². The van der Waals surface area contributed by atoms with Gasteiger partial charge in [-0.25, -0.2) is 0 Å². The van der Waals surface area contributed by atoms with E-state index in [1.54, 1.807) is 23.1 Å². The Balaban J connectivity index is 1.66. The van der Waals surface area contributed by atoms with Crippen molar-refractivity contribution in [1.82, 2.24) is 10.2 Å². The van der Waals surface area contributed by atoms with Crippen LogP contribution in [0.1, 0.15) is 10.4 Å². The third kappa shape index (κ3) is 4.27. The van der Waals surface area contributed by atoms with Gasteiger partial charge in [-0.1, -0.05) is 5.92 Å². The smallest absolute Gasteiger partial charge is 0.236 e. The minimum Gasteiger partial charge on any atom is -0.337 e. The van der Waals surface area contributed by atoms with Gasteiger partial charge in [0.05, 0.1) is 12.3 Å². The van der Waals surface area contributed by atoms with E-state index in [2.05, 4.69) is 22.7 Å². The van der Waals surface area contributed by atoms with Crippen LogP contribution in [-0.2, 0) is 17.8 Å². The summed E-state index contributed by atoms with van der Waals surface area (Å²) in [5.74, 6) is 4.47. The predicted octanol–water partition coefficient (Wildman–Crippen LogP) is 1.59. The molecule has 0 aliphatic carbocycles. The number of carbonyl (C=O) groups excluding carboxylic acids is 1. The molecular formula is C14H18N2OS2. The van der Waals surface area contributed by atoms with Crippen LogP contribution in [0.2, 0.25) is 0 Å². The zero-order chi connectivity index (χ0) is 13.5. The van der Waals surface area contributed by atoms with Gasteiger partial charge in [0.25, 0.3) is 0 Å². The second kappa shape index (κ2) is 7.59. The van der Waals surface area contributed by atoms with Crippen molar-refractivity contribution in [3.05, 3.63) is 21.9 Å². The van der Waals surface area contributed by atoms with Crippen LogP contribution in [0.5, 0.6) is 0 Å². The maximum atomic E-state index is 12.0. The molecule has 102 valence electrons. The van der Waals surface area contributed by atoms with Gasteiger partial charge in [-0.05, 0) is 23.4 Å². The van der Waals surface area contributed by atoms with Crippen LogP contribution < -0.4 is 5.32 Å². The fourth-order valence-corrected chi connectivity index (χ4v) is 3.48. The molecule has 0 saturated heterocycles. The first-order valence-electron chi connectivity index (χ1n) is 6.36. The molecule has 19 heavy (non-hydrogen) atoms. The third-order valence-corrected chi connectivity index (χ3v) is 4.93. The van der Waals surface area contributed by atoms with E-state index >= 15 is 0 Å². The van der Waals surface area contributed by atoms with E-state index in [0.29, 0.717) is 6.54 Å². The molecule has 3 nitrogen and oxygen atoms in total. The average molecular weight is 294 g/mol. The Morgan fingerprint density at radius 3 is 3.37 bits per heavy atom. The van der Waals surface area contributed by atoms with E-state index in [1.165, 1.54) is 10.4 Å². The summed E-state index contributed by atoms with van der Waals surface area (Å²) in [6, 6.07) is 2.13. The molecule has 2 heterocycles. The first-order valence-corrected chi connectivity index (χ1v) is 8.39. The lowest BCUT2D eigenvalue weighted by Gasteiger charge is -2.27. The monoisotopic (exact) mass is 294 g/mol. The lowest BCUT2D eigenvalue weighted by atomic mass is 10.1. The van der Waals surface area contributed by atoms with Gasteiger partial charge in [0, 0.05) is 30.3 Å². The molecule has 0 unspecified atom stereocenters. The molecule has 0 aromatic carbocycles. The Labute approximate surface area is 122 Å². The highest BCUT2D eigenvalue weighted by Gasteiger charge is 2.20. The van der Waals surface area contributed by atoms with E-state index in [4.69, 9.17) is 6.42 Å². The first kappa shape index (κ1) is 14.4. The van der Waals surface area contributed by atoms with Crippen LogP contribution in [0.25, 0.3) is 0 Å². The second-order valence-electron chi connectivity index (χ2n) is 4.37. The molecule has 0 saturated carbocycles. The molecule has 0 bridgehead atoms. The van der Waals surface area contributed by atoms with Crippen molar-refractivity contribution in [2.45, 2.75) is 13.0 Å². The largest absolute Gasteiger partial charge is 0.337 e. The van der Waals surface area contributed by atoms with Gasteiger partial charge in [0.15, 0.2) is 0 Å². The van der Waals surface area contributed by atoms with Crippen molar-refractivity contribution in [3.63, 3.8) is 0 Å². The Morgan fingerprint density at radius 2 is 2.53 bits per heavy atom. The molecule has 2 rings (SSSR count). The summed E-state index contributed by atoms with van der Waals surface area (Å²) in [4.78, 5) is 15.4. The number of carbonyl (C=O) groups is 1.